The molecule has 336 valence electrons. The van der Waals surface area contributed by atoms with E-state index in [1.165, 1.54) is 16.2 Å². The number of benzene rings is 1. The van der Waals surface area contributed by atoms with Crippen LogP contribution in [0, 0.1) is 35.5 Å². The third-order valence-electron chi connectivity index (χ3n) is 13.0. The molecule has 13 heteroatoms. The Bertz CT molecular complexity index is 1680. The monoisotopic (exact) mass is 855 g/mol. The zero-order valence-corrected chi connectivity index (χ0v) is 39.2. The highest BCUT2D eigenvalue weighted by Crippen LogP contribution is 2.34. The second kappa shape index (κ2) is 24.2. The number of hydrogen-bond donors (Lipinski definition) is 1. The zero-order chi connectivity index (χ0) is 44.8. The van der Waals surface area contributed by atoms with Crippen molar-refractivity contribution in [1.82, 2.24) is 19.7 Å². The number of aliphatic hydroxyl groups is 1. The minimum atomic E-state index is -0.599. The molecule has 12 nitrogen and oxygen atoms in total. The number of rotatable bonds is 25. The SMILES string of the molecule is CC[C@H](C)[C@@H]([C@@H](CC(=O)N1CCC[C@H]1[C@H](OC)[C@@H](C)C(=O)C[C@@H](Cc1ccccc1)c1nc(C(=O)N(C)CCO)cs1)OC)N(C)C(=O)[C@@H](CC(=O)[C@@H](C)C(C)C)C(C)C. The van der Waals surface area contributed by atoms with Crippen LogP contribution in [0.15, 0.2) is 35.7 Å². The van der Waals surface area contributed by atoms with Crippen LogP contribution >= 0.6 is 11.3 Å². The first-order valence-corrected chi connectivity index (χ1v) is 22.8. The topological polar surface area (TPSA) is 147 Å². The number of likely N-dealkylation sites (tertiary alicyclic amines) is 1. The predicted molar refractivity (Wildman–Crippen MR) is 237 cm³/mol. The van der Waals surface area contributed by atoms with E-state index in [4.69, 9.17) is 14.5 Å². The Labute approximate surface area is 363 Å². The average molecular weight is 855 g/mol. The van der Waals surface area contributed by atoms with Gasteiger partial charge in [0.15, 0.2) is 0 Å². The quantitative estimate of drug-likeness (QED) is 0.112. The maximum absolute atomic E-state index is 14.4. The van der Waals surface area contributed by atoms with Crippen LogP contribution in [0.2, 0.25) is 0 Å². The molecule has 1 saturated heterocycles. The van der Waals surface area contributed by atoms with Crippen LogP contribution in [0.5, 0.6) is 0 Å². The third kappa shape index (κ3) is 13.2. The Hall–Kier alpha value is -3.52. The van der Waals surface area contributed by atoms with Gasteiger partial charge in [0.25, 0.3) is 5.91 Å². The number of aliphatic hydroxyl groups excluding tert-OH is 1. The van der Waals surface area contributed by atoms with Gasteiger partial charge in [-0.05, 0) is 42.6 Å². The number of amides is 3. The van der Waals surface area contributed by atoms with Crippen molar-refractivity contribution in [3.8, 4) is 0 Å². The summed E-state index contributed by atoms with van der Waals surface area (Å²) in [6.07, 6.45) is 1.99. The van der Waals surface area contributed by atoms with Gasteiger partial charge in [-0.25, -0.2) is 4.98 Å². The van der Waals surface area contributed by atoms with Gasteiger partial charge in [-0.15, -0.1) is 11.3 Å². The Morgan fingerprint density at radius 2 is 1.55 bits per heavy atom. The van der Waals surface area contributed by atoms with E-state index < -0.39 is 30.1 Å². The number of nitrogens with zero attached hydrogens (tertiary/aromatic N) is 4. The first-order valence-electron chi connectivity index (χ1n) is 21.9. The molecule has 1 aromatic heterocycles. The maximum atomic E-state index is 14.4. The number of carbonyl (C=O) groups is 5. The summed E-state index contributed by atoms with van der Waals surface area (Å²) in [4.78, 5) is 78.8. The van der Waals surface area contributed by atoms with Gasteiger partial charge in [0.2, 0.25) is 11.8 Å². The van der Waals surface area contributed by atoms with E-state index in [0.29, 0.717) is 24.4 Å². The van der Waals surface area contributed by atoms with Crippen LogP contribution in [-0.4, -0.2) is 126 Å². The van der Waals surface area contributed by atoms with Crippen LogP contribution in [0.4, 0.5) is 0 Å². The Balaban J connectivity index is 1.83. The van der Waals surface area contributed by atoms with Gasteiger partial charge in [-0.2, -0.15) is 0 Å². The molecule has 1 aliphatic heterocycles. The number of methoxy groups -OCH3 is 2. The summed E-state index contributed by atoms with van der Waals surface area (Å²) < 4.78 is 12.2. The first kappa shape index (κ1) is 50.8. The number of aromatic nitrogens is 1. The van der Waals surface area contributed by atoms with Gasteiger partial charge in [0.1, 0.15) is 17.3 Å². The second-order valence-electron chi connectivity index (χ2n) is 17.7. The predicted octanol–water partition coefficient (Wildman–Crippen LogP) is 6.94. The van der Waals surface area contributed by atoms with E-state index in [1.807, 2.05) is 76.8 Å². The number of carbonyl (C=O) groups excluding carboxylic acids is 5. The Morgan fingerprint density at radius 1 is 0.900 bits per heavy atom. The minimum absolute atomic E-state index is 0.00543. The summed E-state index contributed by atoms with van der Waals surface area (Å²) in [5, 5.41) is 11.7. The molecule has 2 heterocycles. The average Bonchev–Trinajstić information content (AvgIpc) is 3.93. The molecular formula is C47H74N4O8S. The number of hydrogen-bond acceptors (Lipinski definition) is 10. The molecule has 1 fully saturated rings. The largest absolute Gasteiger partial charge is 0.395 e. The van der Waals surface area contributed by atoms with Gasteiger partial charge in [-0.3, -0.25) is 24.0 Å². The molecule has 1 aliphatic rings. The molecule has 3 amide bonds. The Morgan fingerprint density at radius 3 is 2.12 bits per heavy atom. The van der Waals surface area contributed by atoms with Crippen LogP contribution in [0.1, 0.15) is 121 Å². The van der Waals surface area contributed by atoms with Crippen molar-refractivity contribution in [2.45, 2.75) is 131 Å². The fourth-order valence-corrected chi connectivity index (χ4v) is 9.47. The highest BCUT2D eigenvalue weighted by atomic mass is 32.1. The molecule has 0 spiro atoms. The number of ether oxygens (including phenoxy) is 2. The fourth-order valence-electron chi connectivity index (χ4n) is 8.58. The van der Waals surface area contributed by atoms with Crippen LogP contribution in [-0.2, 0) is 35.1 Å². The van der Waals surface area contributed by atoms with Crippen LogP contribution < -0.4 is 0 Å². The van der Waals surface area contributed by atoms with E-state index in [1.54, 1.807) is 38.6 Å². The Kier molecular flexibility index (Phi) is 20.5. The van der Waals surface area contributed by atoms with Crippen molar-refractivity contribution < 1.29 is 38.6 Å². The number of thiazole rings is 1. The molecule has 0 saturated carbocycles. The molecule has 1 N–H and O–H groups in total. The van der Waals surface area contributed by atoms with Crippen molar-refractivity contribution in [2.24, 2.45) is 35.5 Å². The molecular weight excluding hydrogens is 781 g/mol. The number of Topliss-reactive ketones (excluding diaryl/α,β-unsaturated/α-hetero) is 2. The van der Waals surface area contributed by atoms with Gasteiger partial charge < -0.3 is 29.3 Å². The number of ketones is 2. The van der Waals surface area contributed by atoms with Crippen molar-refractivity contribution in [3.63, 3.8) is 0 Å². The summed E-state index contributed by atoms with van der Waals surface area (Å²) in [5.41, 5.74) is 1.33. The van der Waals surface area contributed by atoms with Crippen molar-refractivity contribution >= 4 is 40.6 Å². The summed E-state index contributed by atoms with van der Waals surface area (Å²) in [5.74, 6) is -1.78. The smallest absolute Gasteiger partial charge is 0.273 e. The molecule has 3 rings (SSSR count). The van der Waals surface area contributed by atoms with E-state index in [0.717, 1.165) is 18.4 Å². The molecule has 0 bridgehead atoms. The van der Waals surface area contributed by atoms with Crippen LogP contribution in [0.25, 0.3) is 0 Å². The molecule has 60 heavy (non-hydrogen) atoms. The molecule has 0 unspecified atom stereocenters. The van der Waals surface area contributed by atoms with Crippen molar-refractivity contribution in [3.05, 3.63) is 52.0 Å². The summed E-state index contributed by atoms with van der Waals surface area (Å²) in [6.45, 7) is 16.5. The zero-order valence-electron chi connectivity index (χ0n) is 38.4. The van der Waals surface area contributed by atoms with Gasteiger partial charge >= 0.3 is 0 Å². The second-order valence-corrected chi connectivity index (χ2v) is 18.6. The molecule has 9 atom stereocenters. The first-order chi connectivity index (χ1) is 28.4. The highest BCUT2D eigenvalue weighted by Gasteiger charge is 2.43. The lowest BCUT2D eigenvalue weighted by Crippen LogP contribution is -2.54. The number of likely N-dealkylation sites (N-methyl/N-ethyl adjacent to an activating group) is 2. The molecule has 2 aromatic rings. The third-order valence-corrected chi connectivity index (χ3v) is 14.1. The van der Waals surface area contributed by atoms with Gasteiger partial charge in [-0.1, -0.05) is 92.1 Å². The van der Waals surface area contributed by atoms with Crippen LogP contribution in [0.3, 0.4) is 0 Å². The van der Waals surface area contributed by atoms with E-state index in [-0.39, 0.29) is 103 Å². The standard InChI is InChI=1S/C47H74N4O8S/c1-13-31(6)43(50(10)46(56)36(30(4)5)26-40(54)32(7)29(2)3)41(58-11)27-42(55)51-21-17-20-38(51)44(59-12)33(8)39(53)25-35(24-34-18-15-14-16-19-34)45-48-37(28-60-45)47(57)49(9)22-23-52/h14-16,18-19,28-33,35-36,38,41,43-44,52H,13,17,20-27H2,1-12H3/t31-,32-,33-,35+,36-,38-,41+,43-,44+/m0/s1. The summed E-state index contributed by atoms with van der Waals surface area (Å²) in [7, 11) is 6.57. The lowest BCUT2D eigenvalue weighted by atomic mass is 9.82. The maximum Gasteiger partial charge on any atom is 0.273 e. The molecule has 1 aromatic carbocycles. The van der Waals surface area contributed by atoms with Gasteiger partial charge in [0, 0.05) is 83.3 Å². The molecule has 0 aliphatic carbocycles. The normalized spacial score (nSPS) is 18.4. The van der Waals surface area contributed by atoms with E-state index in [2.05, 4.69) is 13.8 Å². The van der Waals surface area contributed by atoms with E-state index in [9.17, 15) is 29.1 Å². The van der Waals surface area contributed by atoms with Gasteiger partial charge in [0.05, 0.1) is 42.3 Å². The van der Waals surface area contributed by atoms with Crippen molar-refractivity contribution in [1.29, 1.82) is 0 Å². The van der Waals surface area contributed by atoms with Crippen molar-refractivity contribution in [2.75, 3.05) is 48.0 Å². The minimum Gasteiger partial charge on any atom is -0.395 e. The highest BCUT2D eigenvalue weighted by molar-refractivity contribution is 7.10. The summed E-state index contributed by atoms with van der Waals surface area (Å²) in [6, 6.07) is 9.14. The molecule has 0 radical (unpaired) electrons. The fraction of sp³-hybridized carbons (Fsp3) is 0.702. The summed E-state index contributed by atoms with van der Waals surface area (Å²) >= 11 is 1.35. The lowest BCUT2D eigenvalue weighted by Gasteiger charge is -2.41. The lowest BCUT2D eigenvalue weighted by molar-refractivity contribution is -0.149. The van der Waals surface area contributed by atoms with E-state index >= 15 is 0 Å².